The highest BCUT2D eigenvalue weighted by Gasteiger charge is 2.32. The summed E-state index contributed by atoms with van der Waals surface area (Å²) in [7, 11) is -2.08. The number of sulfonamides is 1. The molecule has 0 saturated heterocycles. The summed E-state index contributed by atoms with van der Waals surface area (Å²) in [6.45, 7) is 0.289. The third kappa shape index (κ3) is 2.17. The van der Waals surface area contributed by atoms with Gasteiger partial charge >= 0.3 is 5.97 Å². The van der Waals surface area contributed by atoms with Crippen molar-refractivity contribution in [3.05, 3.63) is 41.9 Å². The summed E-state index contributed by atoms with van der Waals surface area (Å²) in [6, 6.07) is 4.54. The Morgan fingerprint density at radius 2 is 2.14 bits per heavy atom. The van der Waals surface area contributed by atoms with Gasteiger partial charge in [-0.05, 0) is 24.1 Å². The maximum atomic E-state index is 12.6. The summed E-state index contributed by atoms with van der Waals surface area (Å²) in [5.74, 6) is -1.08. The predicted octanol–water partition coefficient (Wildman–Crippen LogP) is 0.870. The fourth-order valence-corrected chi connectivity index (χ4v) is 3.83. The topological polar surface area (TPSA) is 92.5 Å². The number of fused-ring (bicyclic) bond motifs is 1. The third-order valence-electron chi connectivity index (χ3n) is 3.42. The highest BCUT2D eigenvalue weighted by Crippen LogP contribution is 2.33. The van der Waals surface area contributed by atoms with Crippen molar-refractivity contribution in [1.29, 1.82) is 0 Å². The Hall–Kier alpha value is -2.35. The molecule has 1 aromatic carbocycles. The summed E-state index contributed by atoms with van der Waals surface area (Å²) >= 11 is 0. The smallest absolute Gasteiger partial charge is 0.335 e. The molecule has 7 nitrogen and oxygen atoms in total. The SMILES string of the molecule is Cn1cnc(S(=O)(=O)N2CCc3ccc(C(=O)O)cc32)c1. The molecule has 3 rings (SSSR count). The Morgan fingerprint density at radius 3 is 2.76 bits per heavy atom. The predicted molar refractivity (Wildman–Crippen MR) is 74.8 cm³/mol. The molecule has 0 atom stereocenters. The van der Waals surface area contributed by atoms with Crippen LogP contribution in [0.5, 0.6) is 0 Å². The summed E-state index contributed by atoms with van der Waals surface area (Å²) < 4.78 is 28.0. The standard InChI is InChI=1S/C13H13N3O4S/c1-15-7-12(14-8-15)21(19,20)16-5-4-9-2-3-10(13(17)18)6-11(9)16/h2-3,6-8H,4-5H2,1H3,(H,17,18). The summed E-state index contributed by atoms with van der Waals surface area (Å²) in [6.07, 6.45) is 3.40. The Bertz CT molecular complexity index is 826. The van der Waals surface area contributed by atoms with Gasteiger partial charge < -0.3 is 9.67 Å². The second-order valence-corrected chi connectivity index (χ2v) is 6.66. The fourth-order valence-electron chi connectivity index (χ4n) is 2.37. The van der Waals surface area contributed by atoms with Gasteiger partial charge in [0.05, 0.1) is 17.6 Å². The van der Waals surface area contributed by atoms with Gasteiger partial charge in [0.1, 0.15) is 0 Å². The number of carbonyl (C=O) groups is 1. The number of hydrogen-bond donors (Lipinski definition) is 1. The maximum absolute atomic E-state index is 12.6. The molecule has 2 heterocycles. The van der Waals surface area contributed by atoms with Crippen molar-refractivity contribution in [3.63, 3.8) is 0 Å². The number of aromatic carboxylic acids is 1. The molecule has 1 aromatic heterocycles. The molecule has 1 aliphatic rings. The van der Waals surface area contributed by atoms with E-state index < -0.39 is 16.0 Å². The van der Waals surface area contributed by atoms with E-state index in [-0.39, 0.29) is 17.1 Å². The van der Waals surface area contributed by atoms with Crippen molar-refractivity contribution >= 4 is 21.7 Å². The lowest BCUT2D eigenvalue weighted by Gasteiger charge is -2.18. The summed E-state index contributed by atoms with van der Waals surface area (Å²) in [5.41, 5.74) is 1.30. The van der Waals surface area contributed by atoms with E-state index in [4.69, 9.17) is 5.11 Å². The molecule has 0 radical (unpaired) electrons. The molecule has 110 valence electrons. The minimum atomic E-state index is -3.77. The number of carboxylic acids is 1. The third-order valence-corrected chi connectivity index (χ3v) is 5.12. The molecule has 1 N–H and O–H groups in total. The number of aromatic nitrogens is 2. The number of aryl methyl sites for hydroxylation is 1. The zero-order chi connectivity index (χ0) is 15.2. The molecule has 0 aliphatic carbocycles. The van der Waals surface area contributed by atoms with Gasteiger partial charge in [-0.25, -0.2) is 9.78 Å². The van der Waals surface area contributed by atoms with Crippen molar-refractivity contribution in [2.75, 3.05) is 10.8 Å². The molecular formula is C13H13N3O4S. The van der Waals surface area contributed by atoms with E-state index in [0.717, 1.165) is 5.56 Å². The largest absolute Gasteiger partial charge is 0.478 e. The van der Waals surface area contributed by atoms with Crippen LogP contribution in [-0.2, 0) is 23.5 Å². The van der Waals surface area contributed by atoms with Gasteiger partial charge in [-0.1, -0.05) is 6.07 Å². The first-order chi connectivity index (χ1) is 9.89. The van der Waals surface area contributed by atoms with E-state index >= 15 is 0 Å². The van der Waals surface area contributed by atoms with Gasteiger partial charge in [0.15, 0.2) is 5.03 Å². The van der Waals surface area contributed by atoms with Gasteiger partial charge in [0.2, 0.25) is 0 Å². The molecule has 0 bridgehead atoms. The molecule has 1 aliphatic heterocycles. The van der Waals surface area contributed by atoms with E-state index in [1.54, 1.807) is 17.7 Å². The average Bonchev–Trinajstić information content (AvgIpc) is 3.04. The Balaban J connectivity index is 2.08. The quantitative estimate of drug-likeness (QED) is 0.908. The van der Waals surface area contributed by atoms with Crippen LogP contribution in [0.2, 0.25) is 0 Å². The van der Waals surface area contributed by atoms with Gasteiger partial charge in [0, 0.05) is 19.8 Å². The number of imidazole rings is 1. The van der Waals surface area contributed by atoms with Gasteiger partial charge in [0.25, 0.3) is 10.0 Å². The lowest BCUT2D eigenvalue weighted by Crippen LogP contribution is -2.29. The van der Waals surface area contributed by atoms with Gasteiger partial charge in [-0.3, -0.25) is 4.31 Å². The van der Waals surface area contributed by atoms with E-state index in [1.807, 2.05) is 0 Å². The van der Waals surface area contributed by atoms with Crippen molar-refractivity contribution in [3.8, 4) is 0 Å². The van der Waals surface area contributed by atoms with Crippen LogP contribution in [0.1, 0.15) is 15.9 Å². The zero-order valence-electron chi connectivity index (χ0n) is 11.2. The van der Waals surface area contributed by atoms with Crippen LogP contribution in [0.15, 0.2) is 35.7 Å². The molecule has 0 fully saturated rings. The Labute approximate surface area is 121 Å². The van der Waals surface area contributed by atoms with Crippen LogP contribution in [0.25, 0.3) is 0 Å². The average molecular weight is 307 g/mol. The van der Waals surface area contributed by atoms with E-state index in [0.29, 0.717) is 12.1 Å². The van der Waals surface area contributed by atoms with Crippen molar-refractivity contribution in [2.24, 2.45) is 7.05 Å². The highest BCUT2D eigenvalue weighted by atomic mass is 32.2. The number of nitrogens with zero attached hydrogens (tertiary/aromatic N) is 3. The normalized spacial score (nSPS) is 14.2. The molecule has 0 spiro atoms. The first-order valence-electron chi connectivity index (χ1n) is 6.26. The molecular weight excluding hydrogens is 294 g/mol. The first kappa shape index (κ1) is 13.6. The summed E-state index contributed by atoms with van der Waals surface area (Å²) in [4.78, 5) is 14.9. The number of hydrogen-bond acceptors (Lipinski definition) is 4. The second-order valence-electron chi connectivity index (χ2n) is 4.85. The number of rotatable bonds is 3. The molecule has 0 saturated carbocycles. The van der Waals surface area contributed by atoms with Crippen LogP contribution in [0.4, 0.5) is 5.69 Å². The number of carboxylic acid groups (broad SMARTS) is 1. The van der Waals surface area contributed by atoms with E-state index in [9.17, 15) is 13.2 Å². The van der Waals surface area contributed by atoms with E-state index in [1.165, 1.54) is 29.0 Å². The van der Waals surface area contributed by atoms with Crippen LogP contribution in [0, 0.1) is 0 Å². The molecule has 0 amide bonds. The number of anilines is 1. The monoisotopic (exact) mass is 307 g/mol. The Morgan fingerprint density at radius 1 is 1.38 bits per heavy atom. The van der Waals surface area contributed by atoms with Crippen molar-refractivity contribution in [2.45, 2.75) is 11.4 Å². The summed E-state index contributed by atoms with van der Waals surface area (Å²) in [5, 5.41) is 9.00. The van der Waals surface area contributed by atoms with Crippen LogP contribution >= 0.6 is 0 Å². The first-order valence-corrected chi connectivity index (χ1v) is 7.70. The van der Waals surface area contributed by atoms with Crippen molar-refractivity contribution < 1.29 is 18.3 Å². The molecule has 2 aromatic rings. The molecule has 0 unspecified atom stereocenters. The lowest BCUT2D eigenvalue weighted by molar-refractivity contribution is 0.0697. The van der Waals surface area contributed by atoms with Gasteiger partial charge in [-0.2, -0.15) is 8.42 Å². The second kappa shape index (κ2) is 4.59. The van der Waals surface area contributed by atoms with Crippen LogP contribution in [-0.4, -0.2) is 35.6 Å². The van der Waals surface area contributed by atoms with E-state index in [2.05, 4.69) is 4.98 Å². The highest BCUT2D eigenvalue weighted by molar-refractivity contribution is 7.92. The lowest BCUT2D eigenvalue weighted by atomic mass is 10.1. The minimum Gasteiger partial charge on any atom is -0.478 e. The fraction of sp³-hybridized carbons (Fsp3) is 0.231. The molecule has 21 heavy (non-hydrogen) atoms. The van der Waals surface area contributed by atoms with Crippen molar-refractivity contribution in [1.82, 2.24) is 9.55 Å². The van der Waals surface area contributed by atoms with Gasteiger partial charge in [-0.15, -0.1) is 0 Å². The molecule has 8 heteroatoms. The zero-order valence-corrected chi connectivity index (χ0v) is 12.0. The number of benzene rings is 1. The van der Waals surface area contributed by atoms with Crippen LogP contribution < -0.4 is 4.31 Å². The van der Waals surface area contributed by atoms with Crippen LogP contribution in [0.3, 0.4) is 0 Å². The maximum Gasteiger partial charge on any atom is 0.335 e. The minimum absolute atomic E-state index is 0.0430. The Kier molecular flexibility index (Phi) is 2.98.